The number of nitrogens with zero attached hydrogens (tertiary/aromatic N) is 4. The Morgan fingerprint density at radius 3 is 2.47 bits per heavy atom. The van der Waals surface area contributed by atoms with E-state index in [9.17, 15) is 14.4 Å². The summed E-state index contributed by atoms with van der Waals surface area (Å²) in [5, 5.41) is 4.89. The number of ether oxygens (including phenoxy) is 3. The molecule has 1 aliphatic rings. The van der Waals surface area contributed by atoms with E-state index in [2.05, 4.69) is 20.9 Å². The topological polar surface area (TPSA) is 114 Å². The molecule has 0 fully saturated rings. The molecule has 0 amide bonds. The van der Waals surface area contributed by atoms with Gasteiger partial charge in [0.2, 0.25) is 0 Å². The average molecular weight is 714 g/mol. The Hall–Kier alpha value is -5.07. The van der Waals surface area contributed by atoms with Crippen molar-refractivity contribution in [2.75, 3.05) is 13.7 Å². The smallest absolute Gasteiger partial charge is 0.338 e. The van der Waals surface area contributed by atoms with Crippen molar-refractivity contribution in [1.29, 1.82) is 0 Å². The fraction of sp³-hybridized carbons (Fsp3) is 0.171. The second-order valence-electron chi connectivity index (χ2n) is 10.5. The molecule has 0 unspecified atom stereocenters. The van der Waals surface area contributed by atoms with E-state index < -0.39 is 18.0 Å². The third-order valence-electron chi connectivity index (χ3n) is 7.44. The maximum Gasteiger partial charge on any atom is 0.338 e. The zero-order chi connectivity index (χ0) is 33.2. The van der Waals surface area contributed by atoms with Crippen LogP contribution in [-0.4, -0.2) is 40.0 Å². The molecule has 0 N–H and O–H groups in total. The molecular weight excluding hydrogens is 684 g/mol. The highest BCUT2D eigenvalue weighted by molar-refractivity contribution is 9.10. The van der Waals surface area contributed by atoms with Crippen LogP contribution >= 0.6 is 27.3 Å². The lowest BCUT2D eigenvalue weighted by molar-refractivity contribution is -0.139. The van der Waals surface area contributed by atoms with Crippen molar-refractivity contribution in [3.8, 4) is 28.4 Å². The minimum absolute atomic E-state index is 0.145. The molecule has 0 radical (unpaired) electrons. The highest BCUT2D eigenvalue weighted by Gasteiger charge is 2.34. The molecule has 1 aliphatic heterocycles. The van der Waals surface area contributed by atoms with Gasteiger partial charge in [0.05, 0.1) is 46.9 Å². The molecule has 238 valence electrons. The molecule has 3 heterocycles. The molecule has 2 aromatic heterocycles. The number of allylic oxidation sites excluding steroid dienone is 1. The monoisotopic (exact) mass is 712 g/mol. The lowest BCUT2D eigenvalue weighted by Crippen LogP contribution is -2.40. The van der Waals surface area contributed by atoms with Crippen molar-refractivity contribution in [3.63, 3.8) is 0 Å². The number of aromatic nitrogens is 3. The van der Waals surface area contributed by atoms with Crippen LogP contribution in [0.2, 0.25) is 0 Å². The van der Waals surface area contributed by atoms with Crippen LogP contribution in [0.25, 0.3) is 23.0 Å². The third kappa shape index (κ3) is 6.34. The molecule has 10 nitrogen and oxygen atoms in total. The number of methoxy groups -OCH3 is 1. The first-order chi connectivity index (χ1) is 22.7. The van der Waals surface area contributed by atoms with Gasteiger partial charge >= 0.3 is 11.9 Å². The van der Waals surface area contributed by atoms with Crippen molar-refractivity contribution in [2.24, 2.45) is 4.99 Å². The van der Waals surface area contributed by atoms with Crippen LogP contribution in [0.15, 0.2) is 105 Å². The standard InChI is InChI=1S/C35H29BrN4O6S/c1-5-45-34(43)30-20(2)37-35-40(32(30)23-13-16-27(46-21(3)41)28(17-23)44-4)33(42)29(47-35)18-24-19-39(26-9-7-6-8-10-26)38-31(24)22-11-14-25(36)15-12-22/h6-19,32H,5H2,1-4H3/b29-18+/t32-/m0/s1. The van der Waals surface area contributed by atoms with Gasteiger partial charge in [0, 0.05) is 28.7 Å². The second kappa shape index (κ2) is 13.3. The van der Waals surface area contributed by atoms with Gasteiger partial charge < -0.3 is 14.2 Å². The highest BCUT2D eigenvalue weighted by Crippen LogP contribution is 2.36. The predicted molar refractivity (Wildman–Crippen MR) is 181 cm³/mol. The normalized spacial score (nSPS) is 14.4. The summed E-state index contributed by atoms with van der Waals surface area (Å²) in [5.41, 5.74) is 4.02. The SMILES string of the molecule is CCOC(=O)C1=C(C)N=c2s/c(=C/c3cn(-c4ccccc4)nc3-c3ccc(Br)cc3)c(=O)n2[C@H]1c1ccc(OC(C)=O)c(OC)c1. The van der Waals surface area contributed by atoms with Gasteiger partial charge in [-0.25, -0.2) is 14.5 Å². The molecular formula is C35H29BrN4O6S. The van der Waals surface area contributed by atoms with Crippen LogP contribution in [0.3, 0.4) is 0 Å². The number of carbonyl (C=O) groups is 2. The van der Waals surface area contributed by atoms with Gasteiger partial charge in [-0.1, -0.05) is 63.7 Å². The van der Waals surface area contributed by atoms with Gasteiger partial charge in [-0.05, 0) is 61.9 Å². The lowest BCUT2D eigenvalue weighted by atomic mass is 9.95. The molecule has 5 aromatic rings. The number of hydrogen-bond acceptors (Lipinski definition) is 9. The molecule has 1 atom stereocenters. The second-order valence-corrected chi connectivity index (χ2v) is 12.5. The predicted octanol–water partition coefficient (Wildman–Crippen LogP) is 5.35. The number of esters is 2. The van der Waals surface area contributed by atoms with Crippen molar-refractivity contribution >= 4 is 45.3 Å². The van der Waals surface area contributed by atoms with Gasteiger partial charge in [-0.15, -0.1) is 0 Å². The molecule has 3 aromatic carbocycles. The van der Waals surface area contributed by atoms with Crippen LogP contribution < -0.4 is 24.4 Å². The van der Waals surface area contributed by atoms with E-state index >= 15 is 0 Å². The number of hydrogen-bond donors (Lipinski definition) is 0. The Morgan fingerprint density at radius 2 is 1.79 bits per heavy atom. The number of halogens is 1. The van der Waals surface area contributed by atoms with Gasteiger partial charge in [0.1, 0.15) is 0 Å². The van der Waals surface area contributed by atoms with E-state index in [1.807, 2.05) is 60.8 Å². The van der Waals surface area contributed by atoms with E-state index in [1.165, 1.54) is 29.9 Å². The molecule has 12 heteroatoms. The van der Waals surface area contributed by atoms with Gasteiger partial charge in [0.15, 0.2) is 16.3 Å². The van der Waals surface area contributed by atoms with E-state index in [-0.39, 0.29) is 29.2 Å². The first-order valence-electron chi connectivity index (χ1n) is 14.7. The third-order valence-corrected chi connectivity index (χ3v) is 8.95. The van der Waals surface area contributed by atoms with Crippen LogP contribution in [0, 0.1) is 0 Å². The molecule has 0 saturated heterocycles. The Kier molecular flexibility index (Phi) is 9.06. The zero-order valence-electron chi connectivity index (χ0n) is 25.9. The fourth-order valence-corrected chi connectivity index (χ4v) is 6.68. The van der Waals surface area contributed by atoms with Crippen LogP contribution in [0.1, 0.15) is 37.9 Å². The van der Waals surface area contributed by atoms with Crippen LogP contribution in [0.4, 0.5) is 0 Å². The molecule has 0 spiro atoms. The molecule has 47 heavy (non-hydrogen) atoms. The summed E-state index contributed by atoms with van der Waals surface area (Å²) in [7, 11) is 1.45. The number of rotatable bonds is 8. The zero-order valence-corrected chi connectivity index (χ0v) is 28.3. The average Bonchev–Trinajstić information content (AvgIpc) is 3.61. The summed E-state index contributed by atoms with van der Waals surface area (Å²) in [6, 6.07) is 21.5. The van der Waals surface area contributed by atoms with E-state index in [0.717, 1.165) is 21.3 Å². The summed E-state index contributed by atoms with van der Waals surface area (Å²) in [6.45, 7) is 4.87. The maximum atomic E-state index is 14.3. The fourth-order valence-electron chi connectivity index (χ4n) is 5.38. The number of para-hydroxylation sites is 1. The van der Waals surface area contributed by atoms with Gasteiger partial charge in [-0.3, -0.25) is 14.2 Å². The molecule has 0 saturated carbocycles. The molecule has 6 rings (SSSR count). The minimum Gasteiger partial charge on any atom is -0.493 e. The number of thiazole rings is 1. The van der Waals surface area contributed by atoms with E-state index in [4.69, 9.17) is 19.3 Å². The Morgan fingerprint density at radius 1 is 1.04 bits per heavy atom. The number of benzene rings is 3. The summed E-state index contributed by atoms with van der Waals surface area (Å²) in [4.78, 5) is 44.5. The van der Waals surface area contributed by atoms with Crippen molar-refractivity contribution in [1.82, 2.24) is 14.3 Å². The summed E-state index contributed by atoms with van der Waals surface area (Å²) in [6.07, 6.45) is 3.69. The van der Waals surface area contributed by atoms with Gasteiger partial charge in [-0.2, -0.15) is 5.10 Å². The van der Waals surface area contributed by atoms with Crippen molar-refractivity contribution in [2.45, 2.75) is 26.8 Å². The van der Waals surface area contributed by atoms with Crippen molar-refractivity contribution < 1.29 is 23.8 Å². The molecule has 0 bridgehead atoms. The largest absolute Gasteiger partial charge is 0.493 e. The minimum atomic E-state index is -0.884. The first kappa shape index (κ1) is 31.9. The van der Waals surface area contributed by atoms with E-state index in [0.29, 0.717) is 26.3 Å². The van der Waals surface area contributed by atoms with Crippen molar-refractivity contribution in [3.05, 3.63) is 126 Å². The molecule has 0 aliphatic carbocycles. The summed E-state index contributed by atoms with van der Waals surface area (Å²) < 4.78 is 20.8. The van der Waals surface area contributed by atoms with Crippen LogP contribution in [0.5, 0.6) is 11.5 Å². The number of fused-ring (bicyclic) bond motifs is 1. The van der Waals surface area contributed by atoms with E-state index in [1.54, 1.807) is 42.8 Å². The lowest BCUT2D eigenvalue weighted by Gasteiger charge is -2.25. The highest BCUT2D eigenvalue weighted by atomic mass is 79.9. The number of carbonyl (C=O) groups excluding carboxylic acids is 2. The summed E-state index contributed by atoms with van der Waals surface area (Å²) >= 11 is 4.71. The Balaban J connectivity index is 1.56. The maximum absolute atomic E-state index is 14.3. The van der Waals surface area contributed by atoms with Gasteiger partial charge in [0.25, 0.3) is 5.56 Å². The van der Waals surface area contributed by atoms with Crippen LogP contribution in [-0.2, 0) is 14.3 Å². The first-order valence-corrected chi connectivity index (χ1v) is 16.3. The Labute approximate surface area is 282 Å². The summed E-state index contributed by atoms with van der Waals surface area (Å²) in [5.74, 6) is -0.613. The quantitative estimate of drug-likeness (QED) is 0.158. The Bertz CT molecular complexity index is 2220.